The molecule has 0 aliphatic heterocycles. The lowest BCUT2D eigenvalue weighted by molar-refractivity contribution is 0.125. The predicted octanol–water partition coefficient (Wildman–Crippen LogP) is 2.29. The van der Waals surface area contributed by atoms with E-state index in [4.69, 9.17) is 0 Å². The molecule has 2 N–H and O–H groups in total. The first kappa shape index (κ1) is 16.5. The molecular weight excluding hydrogens is 286 g/mol. The SMILES string of the molecule is CC(NCC1(CO)CCCC1)c1ccc(S(C)(=O)=O)cc1. The van der Waals surface area contributed by atoms with Crippen LogP contribution >= 0.6 is 0 Å². The number of aliphatic hydroxyl groups is 1. The molecule has 0 amide bonds. The summed E-state index contributed by atoms with van der Waals surface area (Å²) in [5.74, 6) is 0. The Morgan fingerprint density at radius 1 is 1.24 bits per heavy atom. The van der Waals surface area contributed by atoms with Crippen molar-refractivity contribution in [3.8, 4) is 0 Å². The van der Waals surface area contributed by atoms with Crippen molar-refractivity contribution < 1.29 is 13.5 Å². The molecule has 21 heavy (non-hydrogen) atoms. The molecule has 0 aromatic heterocycles. The average molecular weight is 311 g/mol. The summed E-state index contributed by atoms with van der Waals surface area (Å²) in [6, 6.07) is 7.16. The summed E-state index contributed by atoms with van der Waals surface area (Å²) in [5.41, 5.74) is 1.09. The van der Waals surface area contributed by atoms with Gasteiger partial charge in [-0.25, -0.2) is 8.42 Å². The van der Waals surface area contributed by atoms with Crippen molar-refractivity contribution in [3.63, 3.8) is 0 Å². The largest absolute Gasteiger partial charge is 0.396 e. The smallest absolute Gasteiger partial charge is 0.175 e. The number of hydrogen-bond acceptors (Lipinski definition) is 4. The van der Waals surface area contributed by atoms with Crippen LogP contribution in [-0.2, 0) is 9.84 Å². The van der Waals surface area contributed by atoms with Crippen LogP contribution in [0.1, 0.15) is 44.2 Å². The van der Waals surface area contributed by atoms with Gasteiger partial charge in [-0.15, -0.1) is 0 Å². The van der Waals surface area contributed by atoms with E-state index in [9.17, 15) is 13.5 Å². The topological polar surface area (TPSA) is 66.4 Å². The molecule has 0 heterocycles. The van der Waals surface area contributed by atoms with Crippen LogP contribution in [0.15, 0.2) is 29.2 Å². The van der Waals surface area contributed by atoms with Crippen molar-refractivity contribution in [3.05, 3.63) is 29.8 Å². The molecule has 1 aliphatic rings. The quantitative estimate of drug-likeness (QED) is 0.846. The number of aliphatic hydroxyl groups excluding tert-OH is 1. The zero-order valence-electron chi connectivity index (χ0n) is 12.8. The van der Waals surface area contributed by atoms with Crippen LogP contribution in [0.25, 0.3) is 0 Å². The third kappa shape index (κ3) is 4.05. The van der Waals surface area contributed by atoms with Gasteiger partial charge in [0, 0.05) is 30.9 Å². The van der Waals surface area contributed by atoms with E-state index in [1.807, 2.05) is 12.1 Å². The van der Waals surface area contributed by atoms with Crippen LogP contribution in [0.4, 0.5) is 0 Å². The standard InChI is InChI=1S/C16H25NO3S/c1-13(17-11-16(12-18)9-3-4-10-16)14-5-7-15(8-6-14)21(2,19)20/h5-8,13,17-18H,3-4,9-12H2,1-2H3. The Morgan fingerprint density at radius 3 is 2.29 bits per heavy atom. The number of hydrogen-bond donors (Lipinski definition) is 2. The van der Waals surface area contributed by atoms with E-state index in [2.05, 4.69) is 12.2 Å². The Morgan fingerprint density at radius 2 is 1.81 bits per heavy atom. The first-order chi connectivity index (χ1) is 9.86. The maximum Gasteiger partial charge on any atom is 0.175 e. The van der Waals surface area contributed by atoms with E-state index in [1.165, 1.54) is 19.1 Å². The van der Waals surface area contributed by atoms with Gasteiger partial charge in [-0.2, -0.15) is 0 Å². The Hall–Kier alpha value is -0.910. The van der Waals surface area contributed by atoms with E-state index in [0.29, 0.717) is 4.90 Å². The normalized spacial score (nSPS) is 19.6. The molecule has 0 saturated heterocycles. The highest BCUT2D eigenvalue weighted by Crippen LogP contribution is 2.37. The van der Waals surface area contributed by atoms with Crippen molar-refractivity contribution in [2.75, 3.05) is 19.4 Å². The summed E-state index contributed by atoms with van der Waals surface area (Å²) in [7, 11) is -3.14. The minimum atomic E-state index is -3.14. The number of rotatable bonds is 6. The number of nitrogens with one attached hydrogen (secondary N) is 1. The zero-order chi connectivity index (χ0) is 15.5. The van der Waals surface area contributed by atoms with Crippen LogP contribution in [0, 0.1) is 5.41 Å². The summed E-state index contributed by atoms with van der Waals surface area (Å²) in [4.78, 5) is 0.348. The van der Waals surface area contributed by atoms with Gasteiger partial charge >= 0.3 is 0 Å². The third-order valence-electron chi connectivity index (χ3n) is 4.59. The summed E-state index contributed by atoms with van der Waals surface area (Å²) in [6.07, 6.45) is 5.76. The number of benzene rings is 1. The lowest BCUT2D eigenvalue weighted by atomic mass is 9.87. The van der Waals surface area contributed by atoms with Gasteiger partial charge in [0.15, 0.2) is 9.84 Å². The van der Waals surface area contributed by atoms with Gasteiger partial charge in [0.05, 0.1) is 4.90 Å². The van der Waals surface area contributed by atoms with Gasteiger partial charge < -0.3 is 10.4 Å². The highest BCUT2D eigenvalue weighted by atomic mass is 32.2. The number of sulfone groups is 1. The van der Waals surface area contributed by atoms with Crippen molar-refractivity contribution >= 4 is 9.84 Å². The van der Waals surface area contributed by atoms with Gasteiger partial charge in [0.2, 0.25) is 0 Å². The fourth-order valence-corrected chi connectivity index (χ4v) is 3.64. The van der Waals surface area contributed by atoms with Crippen molar-refractivity contribution in [1.82, 2.24) is 5.32 Å². The summed E-state index contributed by atoms with van der Waals surface area (Å²) in [5, 5.41) is 13.1. The molecule has 1 aliphatic carbocycles. The fraction of sp³-hybridized carbons (Fsp3) is 0.625. The highest BCUT2D eigenvalue weighted by molar-refractivity contribution is 7.90. The van der Waals surface area contributed by atoms with Gasteiger partial charge in [-0.1, -0.05) is 25.0 Å². The van der Waals surface area contributed by atoms with Crippen molar-refractivity contribution in [1.29, 1.82) is 0 Å². The molecule has 1 aromatic carbocycles. The monoisotopic (exact) mass is 311 g/mol. The van der Waals surface area contributed by atoms with Crippen LogP contribution in [-0.4, -0.2) is 32.9 Å². The van der Waals surface area contributed by atoms with Gasteiger partial charge in [0.25, 0.3) is 0 Å². The second-order valence-electron chi connectivity index (χ2n) is 6.31. The molecule has 1 atom stereocenters. The van der Waals surface area contributed by atoms with Gasteiger partial charge in [-0.3, -0.25) is 0 Å². The minimum Gasteiger partial charge on any atom is -0.396 e. The molecule has 1 saturated carbocycles. The molecule has 0 bridgehead atoms. The van der Waals surface area contributed by atoms with Gasteiger partial charge in [0.1, 0.15) is 0 Å². The molecular formula is C16H25NO3S. The van der Waals surface area contributed by atoms with E-state index in [0.717, 1.165) is 24.9 Å². The zero-order valence-corrected chi connectivity index (χ0v) is 13.6. The van der Waals surface area contributed by atoms with Crippen LogP contribution in [0.3, 0.4) is 0 Å². The van der Waals surface area contributed by atoms with Crippen LogP contribution in [0.5, 0.6) is 0 Å². The minimum absolute atomic E-state index is 0.0287. The lowest BCUT2D eigenvalue weighted by Crippen LogP contribution is -2.36. The second kappa shape index (κ2) is 6.46. The first-order valence-corrected chi connectivity index (χ1v) is 9.40. The maximum absolute atomic E-state index is 11.5. The van der Waals surface area contributed by atoms with Crippen molar-refractivity contribution in [2.45, 2.75) is 43.5 Å². The predicted molar refractivity (Wildman–Crippen MR) is 84.0 cm³/mol. The Balaban J connectivity index is 1.98. The van der Waals surface area contributed by atoms with E-state index in [-0.39, 0.29) is 18.1 Å². The van der Waals surface area contributed by atoms with E-state index >= 15 is 0 Å². The summed E-state index contributed by atoms with van der Waals surface area (Å²) in [6.45, 7) is 3.10. The second-order valence-corrected chi connectivity index (χ2v) is 8.32. The summed E-state index contributed by atoms with van der Waals surface area (Å²) >= 11 is 0. The molecule has 1 unspecified atom stereocenters. The molecule has 2 rings (SSSR count). The Kier molecular flexibility index (Phi) is 5.07. The van der Waals surface area contributed by atoms with E-state index in [1.54, 1.807) is 12.1 Å². The summed E-state index contributed by atoms with van der Waals surface area (Å²) < 4.78 is 22.9. The van der Waals surface area contributed by atoms with Crippen LogP contribution < -0.4 is 5.32 Å². The Labute approximate surface area is 127 Å². The fourth-order valence-electron chi connectivity index (χ4n) is 3.01. The van der Waals surface area contributed by atoms with Gasteiger partial charge in [-0.05, 0) is 37.5 Å². The molecule has 5 heteroatoms. The molecule has 0 radical (unpaired) electrons. The molecule has 1 fully saturated rings. The first-order valence-electron chi connectivity index (χ1n) is 7.51. The molecule has 118 valence electrons. The highest BCUT2D eigenvalue weighted by Gasteiger charge is 2.33. The molecule has 1 aromatic rings. The average Bonchev–Trinajstić information content (AvgIpc) is 2.93. The molecule has 4 nitrogen and oxygen atoms in total. The lowest BCUT2D eigenvalue weighted by Gasteiger charge is -2.29. The van der Waals surface area contributed by atoms with Crippen LogP contribution in [0.2, 0.25) is 0 Å². The van der Waals surface area contributed by atoms with Crippen molar-refractivity contribution in [2.24, 2.45) is 5.41 Å². The maximum atomic E-state index is 11.5. The third-order valence-corrected chi connectivity index (χ3v) is 5.72. The Bertz CT molecular complexity index is 560. The molecule has 0 spiro atoms. The van der Waals surface area contributed by atoms with E-state index < -0.39 is 9.84 Å².